The van der Waals surface area contributed by atoms with Crippen molar-refractivity contribution in [2.24, 2.45) is 16.6 Å². The van der Waals surface area contributed by atoms with Gasteiger partial charge in [0.25, 0.3) is 0 Å². The average molecular weight is 409 g/mol. The summed E-state index contributed by atoms with van der Waals surface area (Å²) in [5.41, 5.74) is 6.03. The summed E-state index contributed by atoms with van der Waals surface area (Å²) in [5.74, 6) is 1.30. The molecule has 0 radical (unpaired) electrons. The summed E-state index contributed by atoms with van der Waals surface area (Å²) in [6.45, 7) is 12.5. The number of likely N-dealkylation sites (N-methyl/N-ethyl adjacent to an activating group) is 1. The van der Waals surface area contributed by atoms with E-state index in [0.29, 0.717) is 12.0 Å². The number of halogens is 1. The fraction of sp³-hybridized carbons (Fsp3) is 0.933. The minimum absolute atomic E-state index is 0. The summed E-state index contributed by atoms with van der Waals surface area (Å²) >= 11 is 0. The highest BCUT2D eigenvalue weighted by Gasteiger charge is 2.27. The molecule has 6 heteroatoms. The molecule has 2 fully saturated rings. The Morgan fingerprint density at radius 3 is 2.33 bits per heavy atom. The van der Waals surface area contributed by atoms with Gasteiger partial charge in [-0.3, -0.25) is 4.99 Å². The average Bonchev–Trinajstić information content (AvgIpc) is 3.29. The molecule has 0 bridgehead atoms. The fourth-order valence-electron chi connectivity index (χ4n) is 2.80. The van der Waals surface area contributed by atoms with Crippen molar-refractivity contribution in [3.63, 3.8) is 0 Å². The van der Waals surface area contributed by atoms with Gasteiger partial charge < -0.3 is 20.4 Å². The first kappa shape index (κ1) is 19.0. The fourth-order valence-corrected chi connectivity index (χ4v) is 2.80. The number of nitrogens with zero attached hydrogens (tertiary/aromatic N) is 4. The number of hydrogen-bond acceptors (Lipinski definition) is 3. The zero-order valence-corrected chi connectivity index (χ0v) is 16.1. The first-order valence-electron chi connectivity index (χ1n) is 8.07. The minimum atomic E-state index is 0. The van der Waals surface area contributed by atoms with Crippen molar-refractivity contribution in [3.05, 3.63) is 0 Å². The van der Waals surface area contributed by atoms with Crippen LogP contribution in [0, 0.1) is 5.92 Å². The predicted octanol–water partition coefficient (Wildman–Crippen LogP) is 1.29. The molecular weight excluding hydrogens is 377 g/mol. The maximum atomic E-state index is 6.03. The van der Waals surface area contributed by atoms with E-state index in [2.05, 4.69) is 40.6 Å². The quantitative estimate of drug-likeness (QED) is 0.408. The largest absolute Gasteiger partial charge is 0.370 e. The summed E-state index contributed by atoms with van der Waals surface area (Å²) in [7, 11) is 2.06. The van der Waals surface area contributed by atoms with Crippen LogP contribution in [0.5, 0.6) is 0 Å². The molecule has 1 saturated carbocycles. The molecule has 0 aromatic heterocycles. The van der Waals surface area contributed by atoms with Crippen LogP contribution in [-0.2, 0) is 0 Å². The van der Waals surface area contributed by atoms with Gasteiger partial charge in [-0.1, -0.05) is 13.8 Å². The van der Waals surface area contributed by atoms with Crippen LogP contribution in [0.3, 0.4) is 0 Å². The van der Waals surface area contributed by atoms with Crippen LogP contribution in [0.2, 0.25) is 0 Å². The van der Waals surface area contributed by atoms with Gasteiger partial charge in [0.05, 0.1) is 0 Å². The van der Waals surface area contributed by atoms with E-state index in [1.54, 1.807) is 0 Å². The normalized spacial score (nSPS) is 22.7. The third-order valence-electron chi connectivity index (χ3n) is 4.50. The second-order valence-corrected chi connectivity index (χ2v) is 6.38. The molecule has 1 unspecified atom stereocenters. The standard InChI is InChI=1S/C15H31N5.HI/c1-4-19-7-9-20(10-8-19)12-13(2)11-17-15(16)18(3)14-5-6-14;/h13-14H,4-12H2,1-3H3,(H2,16,17);1H. The zero-order chi connectivity index (χ0) is 14.5. The number of nitrogens with two attached hydrogens (primary N) is 1. The summed E-state index contributed by atoms with van der Waals surface area (Å²) in [6.07, 6.45) is 2.54. The van der Waals surface area contributed by atoms with Crippen LogP contribution in [0.25, 0.3) is 0 Å². The summed E-state index contributed by atoms with van der Waals surface area (Å²) in [5, 5.41) is 0. The Balaban J connectivity index is 0.00000220. The predicted molar refractivity (Wildman–Crippen MR) is 100 cm³/mol. The Morgan fingerprint density at radius 1 is 1.24 bits per heavy atom. The Kier molecular flexibility index (Phi) is 8.26. The Bertz CT molecular complexity index is 324. The van der Waals surface area contributed by atoms with Crippen molar-refractivity contribution < 1.29 is 0 Å². The van der Waals surface area contributed by atoms with E-state index < -0.39 is 0 Å². The molecule has 5 nitrogen and oxygen atoms in total. The van der Waals surface area contributed by atoms with Gasteiger partial charge in [0.2, 0.25) is 0 Å². The van der Waals surface area contributed by atoms with E-state index in [1.165, 1.54) is 45.6 Å². The minimum Gasteiger partial charge on any atom is -0.370 e. The monoisotopic (exact) mass is 409 g/mol. The smallest absolute Gasteiger partial charge is 0.191 e. The number of aliphatic imine (C=N–C) groups is 1. The molecule has 124 valence electrons. The molecule has 0 spiro atoms. The van der Waals surface area contributed by atoms with Crippen molar-refractivity contribution in [2.75, 3.05) is 52.9 Å². The SMILES string of the molecule is CCN1CCN(CC(C)CN=C(N)N(C)C2CC2)CC1.I. The van der Waals surface area contributed by atoms with Gasteiger partial charge >= 0.3 is 0 Å². The number of guanidine groups is 1. The lowest BCUT2D eigenvalue weighted by Gasteiger charge is -2.35. The van der Waals surface area contributed by atoms with Gasteiger partial charge in [-0.25, -0.2) is 0 Å². The molecular formula is C15H32IN5. The Morgan fingerprint density at radius 2 is 1.81 bits per heavy atom. The molecule has 0 aromatic carbocycles. The molecule has 2 rings (SSSR count). The van der Waals surface area contributed by atoms with Gasteiger partial charge in [-0.2, -0.15) is 0 Å². The van der Waals surface area contributed by atoms with Crippen molar-refractivity contribution in [2.45, 2.75) is 32.7 Å². The lowest BCUT2D eigenvalue weighted by atomic mass is 10.1. The highest BCUT2D eigenvalue weighted by atomic mass is 127. The molecule has 0 amide bonds. The summed E-state index contributed by atoms with van der Waals surface area (Å²) < 4.78 is 0. The van der Waals surface area contributed by atoms with Crippen LogP contribution in [0.4, 0.5) is 0 Å². The van der Waals surface area contributed by atoms with E-state index in [1.807, 2.05) is 0 Å². The third kappa shape index (κ3) is 6.28. The second kappa shape index (κ2) is 9.15. The first-order valence-corrected chi connectivity index (χ1v) is 8.07. The molecule has 1 atom stereocenters. The number of piperazine rings is 1. The van der Waals surface area contributed by atoms with E-state index in [0.717, 1.165) is 19.0 Å². The van der Waals surface area contributed by atoms with Crippen LogP contribution in [0.15, 0.2) is 4.99 Å². The third-order valence-corrected chi connectivity index (χ3v) is 4.50. The highest BCUT2D eigenvalue weighted by Crippen LogP contribution is 2.24. The van der Waals surface area contributed by atoms with E-state index in [4.69, 9.17) is 5.73 Å². The maximum Gasteiger partial charge on any atom is 0.191 e. The van der Waals surface area contributed by atoms with Gasteiger partial charge in [0, 0.05) is 52.4 Å². The van der Waals surface area contributed by atoms with Crippen LogP contribution < -0.4 is 5.73 Å². The molecule has 2 N–H and O–H groups in total. The maximum absolute atomic E-state index is 6.03. The lowest BCUT2D eigenvalue weighted by Crippen LogP contribution is -2.47. The zero-order valence-electron chi connectivity index (χ0n) is 13.8. The molecule has 0 aromatic rings. The van der Waals surface area contributed by atoms with E-state index in [-0.39, 0.29) is 24.0 Å². The molecule has 1 aliphatic carbocycles. The van der Waals surface area contributed by atoms with Gasteiger partial charge in [-0.05, 0) is 25.3 Å². The topological polar surface area (TPSA) is 48.1 Å². The Labute approximate surface area is 146 Å². The number of hydrogen-bond donors (Lipinski definition) is 1. The van der Waals surface area contributed by atoms with Crippen molar-refractivity contribution in [3.8, 4) is 0 Å². The lowest BCUT2D eigenvalue weighted by molar-refractivity contribution is 0.125. The van der Waals surface area contributed by atoms with E-state index in [9.17, 15) is 0 Å². The molecule has 2 aliphatic rings. The number of rotatable bonds is 6. The van der Waals surface area contributed by atoms with Crippen LogP contribution in [0.1, 0.15) is 26.7 Å². The summed E-state index contributed by atoms with van der Waals surface area (Å²) in [6, 6.07) is 0.649. The second-order valence-electron chi connectivity index (χ2n) is 6.38. The molecule has 21 heavy (non-hydrogen) atoms. The van der Waals surface area contributed by atoms with Crippen LogP contribution >= 0.6 is 24.0 Å². The van der Waals surface area contributed by atoms with Crippen molar-refractivity contribution in [1.29, 1.82) is 0 Å². The van der Waals surface area contributed by atoms with Crippen molar-refractivity contribution in [1.82, 2.24) is 14.7 Å². The highest BCUT2D eigenvalue weighted by molar-refractivity contribution is 14.0. The van der Waals surface area contributed by atoms with Gasteiger partial charge in [0.1, 0.15) is 0 Å². The van der Waals surface area contributed by atoms with Crippen molar-refractivity contribution >= 4 is 29.9 Å². The molecule has 1 saturated heterocycles. The molecule has 1 aliphatic heterocycles. The summed E-state index contributed by atoms with van der Waals surface area (Å²) in [4.78, 5) is 11.8. The molecule has 1 heterocycles. The van der Waals surface area contributed by atoms with Gasteiger partial charge in [0.15, 0.2) is 5.96 Å². The first-order chi connectivity index (χ1) is 9.60. The van der Waals surface area contributed by atoms with Gasteiger partial charge in [-0.15, -0.1) is 24.0 Å². The Hall–Kier alpha value is -0.0800. The van der Waals surface area contributed by atoms with E-state index >= 15 is 0 Å². The van der Waals surface area contributed by atoms with Crippen LogP contribution in [-0.4, -0.2) is 79.6 Å².